The zero-order chi connectivity index (χ0) is 19.3. The van der Waals surface area contributed by atoms with Crippen LogP contribution in [0, 0.1) is 17.5 Å². The predicted molar refractivity (Wildman–Crippen MR) is 89.2 cm³/mol. The van der Waals surface area contributed by atoms with E-state index in [4.69, 9.17) is 0 Å². The van der Waals surface area contributed by atoms with E-state index in [1.807, 2.05) is 5.32 Å². The lowest BCUT2D eigenvalue weighted by molar-refractivity contribution is -0.125. The first-order chi connectivity index (χ1) is 12.3. The van der Waals surface area contributed by atoms with Gasteiger partial charge in [-0.3, -0.25) is 14.4 Å². The second kappa shape index (κ2) is 8.48. The van der Waals surface area contributed by atoms with E-state index in [1.165, 1.54) is 18.3 Å². The average Bonchev–Trinajstić information content (AvgIpc) is 3.15. The fraction of sp³-hybridized carbons (Fsp3) is 0.188. The van der Waals surface area contributed by atoms with Crippen molar-refractivity contribution in [2.24, 2.45) is 0 Å². The van der Waals surface area contributed by atoms with Crippen LogP contribution in [0.3, 0.4) is 0 Å². The minimum atomic E-state index is -1.71. The van der Waals surface area contributed by atoms with Crippen LogP contribution in [0.2, 0.25) is 0 Å². The van der Waals surface area contributed by atoms with Gasteiger partial charge in [0.2, 0.25) is 11.8 Å². The van der Waals surface area contributed by atoms with Crippen LogP contribution < -0.4 is 16.0 Å². The fourth-order valence-corrected chi connectivity index (χ4v) is 2.51. The Hall–Kier alpha value is -2.88. The molecule has 10 heteroatoms. The molecule has 1 atom stereocenters. The molecule has 1 aromatic heterocycles. The lowest BCUT2D eigenvalue weighted by Crippen LogP contribution is -2.46. The molecule has 26 heavy (non-hydrogen) atoms. The Bertz CT molecular complexity index is 828. The van der Waals surface area contributed by atoms with Crippen molar-refractivity contribution in [3.8, 4) is 0 Å². The summed E-state index contributed by atoms with van der Waals surface area (Å²) in [6, 6.07) is 3.88. The van der Waals surface area contributed by atoms with Crippen molar-refractivity contribution < 1.29 is 27.6 Å². The van der Waals surface area contributed by atoms with Crippen LogP contribution in [0.4, 0.5) is 18.9 Å². The van der Waals surface area contributed by atoms with Crippen LogP contribution in [0.5, 0.6) is 0 Å². The lowest BCUT2D eigenvalue weighted by atomic mass is 10.2. The van der Waals surface area contributed by atoms with Crippen molar-refractivity contribution in [2.45, 2.75) is 13.0 Å². The van der Waals surface area contributed by atoms with Crippen molar-refractivity contribution in [1.29, 1.82) is 0 Å². The first-order valence-electron chi connectivity index (χ1n) is 7.35. The number of benzene rings is 1. The molecule has 2 rings (SSSR count). The van der Waals surface area contributed by atoms with Gasteiger partial charge < -0.3 is 16.0 Å². The maximum Gasteiger partial charge on any atom is 0.261 e. The van der Waals surface area contributed by atoms with Gasteiger partial charge >= 0.3 is 0 Å². The smallest absolute Gasteiger partial charge is 0.261 e. The third-order valence-corrected chi connectivity index (χ3v) is 4.09. The molecule has 0 radical (unpaired) electrons. The number of amides is 3. The van der Waals surface area contributed by atoms with Crippen molar-refractivity contribution in [3.05, 3.63) is 52.0 Å². The molecule has 6 nitrogen and oxygen atoms in total. The van der Waals surface area contributed by atoms with Crippen molar-refractivity contribution in [3.63, 3.8) is 0 Å². The summed E-state index contributed by atoms with van der Waals surface area (Å²) in [6.45, 7) is 0.879. The maximum absolute atomic E-state index is 13.5. The maximum atomic E-state index is 13.5. The van der Waals surface area contributed by atoms with E-state index in [1.54, 1.807) is 17.5 Å². The molecule has 2 aromatic rings. The van der Waals surface area contributed by atoms with E-state index in [2.05, 4.69) is 10.6 Å². The highest BCUT2D eigenvalue weighted by Gasteiger charge is 2.19. The van der Waals surface area contributed by atoms with Gasteiger partial charge in [0.15, 0.2) is 17.5 Å². The Balaban J connectivity index is 1.84. The number of carbonyl (C=O) groups excluding carboxylic acids is 3. The molecule has 0 bridgehead atoms. The predicted octanol–water partition coefficient (Wildman–Crippen LogP) is 2.04. The first kappa shape index (κ1) is 19.4. The van der Waals surface area contributed by atoms with Crippen LogP contribution in [0.15, 0.2) is 29.6 Å². The quantitative estimate of drug-likeness (QED) is 0.665. The minimum Gasteiger partial charge on any atom is -0.345 e. The van der Waals surface area contributed by atoms with Gasteiger partial charge in [0, 0.05) is 0 Å². The lowest BCUT2D eigenvalue weighted by Gasteiger charge is -2.13. The number of anilines is 1. The van der Waals surface area contributed by atoms with E-state index in [-0.39, 0.29) is 0 Å². The standard InChI is InChI=1S/C16H14F3N3O3S/c1-8(21-16(25)11-3-2-6-26-11)15(24)20-7-12(23)22-10-5-4-9(17)13(18)14(10)19/h2-6,8H,7H2,1H3,(H,20,24)(H,21,25)(H,22,23). The normalized spacial score (nSPS) is 11.5. The Labute approximate surface area is 150 Å². The summed E-state index contributed by atoms with van der Waals surface area (Å²) < 4.78 is 39.4. The largest absolute Gasteiger partial charge is 0.345 e. The van der Waals surface area contributed by atoms with Crippen LogP contribution in [0.1, 0.15) is 16.6 Å². The molecule has 3 N–H and O–H groups in total. The van der Waals surface area contributed by atoms with Gasteiger partial charge in [0.1, 0.15) is 6.04 Å². The summed E-state index contributed by atoms with van der Waals surface area (Å²) in [7, 11) is 0. The van der Waals surface area contributed by atoms with Gasteiger partial charge in [-0.2, -0.15) is 0 Å². The van der Waals surface area contributed by atoms with Crippen LogP contribution in [-0.2, 0) is 9.59 Å². The van der Waals surface area contributed by atoms with Crippen LogP contribution in [-0.4, -0.2) is 30.3 Å². The van der Waals surface area contributed by atoms with Crippen molar-refractivity contribution >= 4 is 34.7 Å². The van der Waals surface area contributed by atoms with Crippen molar-refractivity contribution in [1.82, 2.24) is 10.6 Å². The summed E-state index contributed by atoms with van der Waals surface area (Å²) in [6.07, 6.45) is 0. The summed E-state index contributed by atoms with van der Waals surface area (Å²) in [5.41, 5.74) is -0.554. The number of rotatable bonds is 6. The molecule has 0 spiro atoms. The molecule has 138 valence electrons. The van der Waals surface area contributed by atoms with E-state index in [0.717, 1.165) is 6.07 Å². The van der Waals surface area contributed by atoms with E-state index in [9.17, 15) is 27.6 Å². The molecule has 0 saturated carbocycles. The van der Waals surface area contributed by atoms with Gasteiger partial charge in [-0.1, -0.05) is 6.07 Å². The van der Waals surface area contributed by atoms with E-state index < -0.39 is 53.4 Å². The highest BCUT2D eigenvalue weighted by atomic mass is 32.1. The molecule has 1 unspecified atom stereocenters. The monoisotopic (exact) mass is 385 g/mol. The Morgan fingerprint density at radius 3 is 2.50 bits per heavy atom. The number of hydrogen-bond acceptors (Lipinski definition) is 4. The number of nitrogens with one attached hydrogen (secondary N) is 3. The summed E-state index contributed by atoms with van der Waals surface area (Å²) in [5, 5.41) is 8.43. The second-order valence-electron chi connectivity index (χ2n) is 5.16. The molecule has 0 aliphatic heterocycles. The third kappa shape index (κ3) is 4.82. The minimum absolute atomic E-state index is 0.427. The SMILES string of the molecule is CC(NC(=O)c1cccs1)C(=O)NCC(=O)Nc1ccc(F)c(F)c1F. The number of halogens is 3. The highest BCUT2D eigenvalue weighted by Crippen LogP contribution is 2.19. The summed E-state index contributed by atoms with van der Waals surface area (Å²) >= 11 is 1.21. The number of thiophene rings is 1. The third-order valence-electron chi connectivity index (χ3n) is 3.22. The zero-order valence-electron chi connectivity index (χ0n) is 13.4. The molecule has 3 amide bonds. The van der Waals surface area contributed by atoms with Gasteiger partial charge in [0.05, 0.1) is 17.1 Å². The summed E-state index contributed by atoms with van der Waals surface area (Å²) in [4.78, 5) is 35.8. The van der Waals surface area contributed by atoms with Gasteiger partial charge in [-0.25, -0.2) is 13.2 Å². The van der Waals surface area contributed by atoms with Gasteiger partial charge in [-0.05, 0) is 30.5 Å². The highest BCUT2D eigenvalue weighted by molar-refractivity contribution is 7.12. The average molecular weight is 385 g/mol. The fourth-order valence-electron chi connectivity index (χ4n) is 1.88. The second-order valence-corrected chi connectivity index (χ2v) is 6.11. The molecule has 1 aromatic carbocycles. The molecule has 0 aliphatic rings. The van der Waals surface area contributed by atoms with E-state index >= 15 is 0 Å². The first-order valence-corrected chi connectivity index (χ1v) is 8.23. The number of hydrogen-bond donors (Lipinski definition) is 3. The van der Waals surface area contributed by atoms with E-state index in [0.29, 0.717) is 10.9 Å². The van der Waals surface area contributed by atoms with Crippen molar-refractivity contribution in [2.75, 3.05) is 11.9 Å². The topological polar surface area (TPSA) is 87.3 Å². The Kier molecular flexibility index (Phi) is 6.34. The molecule has 0 aliphatic carbocycles. The molecule has 0 fully saturated rings. The zero-order valence-corrected chi connectivity index (χ0v) is 14.3. The molecule has 0 saturated heterocycles. The van der Waals surface area contributed by atoms with Gasteiger partial charge in [0.25, 0.3) is 5.91 Å². The summed E-state index contributed by atoms with van der Waals surface area (Å²) in [5.74, 6) is -6.56. The molecular formula is C16H14F3N3O3S. The van der Waals surface area contributed by atoms with Crippen LogP contribution >= 0.6 is 11.3 Å². The Morgan fingerprint density at radius 2 is 1.85 bits per heavy atom. The molecule has 1 heterocycles. The van der Waals surface area contributed by atoms with Crippen LogP contribution in [0.25, 0.3) is 0 Å². The van der Waals surface area contributed by atoms with Gasteiger partial charge in [-0.15, -0.1) is 11.3 Å². The molecular weight excluding hydrogens is 371 g/mol. The Morgan fingerprint density at radius 1 is 1.12 bits per heavy atom. The number of carbonyl (C=O) groups is 3.